The second-order valence-corrected chi connectivity index (χ2v) is 6.66. The summed E-state index contributed by atoms with van der Waals surface area (Å²) < 4.78 is 5.57. The Hall–Kier alpha value is -0.420. The third-order valence-corrected chi connectivity index (χ3v) is 5.78. The van der Waals surface area contributed by atoms with Gasteiger partial charge in [-0.25, -0.2) is 0 Å². The molecular weight excluding hydrogens is 244 g/mol. The van der Waals surface area contributed by atoms with Crippen molar-refractivity contribution in [2.24, 2.45) is 11.7 Å². The zero-order chi connectivity index (χ0) is 12.6. The normalized spacial score (nSPS) is 28.0. The standard InChI is InChI=1S/C14H22N2OS/c1-14(10-15,12-3-6-17-9-12)16-5-2-13-11(8-16)4-7-18-13/h4,7,12H,2-3,5-6,8-10,15H2,1H3. The first kappa shape index (κ1) is 12.6. The summed E-state index contributed by atoms with van der Waals surface area (Å²) in [4.78, 5) is 4.15. The highest BCUT2D eigenvalue weighted by molar-refractivity contribution is 7.10. The van der Waals surface area contributed by atoms with E-state index >= 15 is 0 Å². The fourth-order valence-electron chi connectivity index (χ4n) is 3.26. The Kier molecular flexibility index (Phi) is 3.45. The molecule has 0 saturated carbocycles. The predicted octanol–water partition coefficient (Wildman–Crippen LogP) is 1.86. The van der Waals surface area contributed by atoms with Crippen molar-refractivity contribution in [3.63, 3.8) is 0 Å². The number of ether oxygens (including phenoxy) is 1. The quantitative estimate of drug-likeness (QED) is 0.907. The van der Waals surface area contributed by atoms with Crippen LogP contribution in [0.3, 0.4) is 0 Å². The molecule has 2 atom stereocenters. The number of thiophene rings is 1. The van der Waals surface area contributed by atoms with Gasteiger partial charge in [-0.3, -0.25) is 4.90 Å². The van der Waals surface area contributed by atoms with Crippen LogP contribution < -0.4 is 5.73 Å². The summed E-state index contributed by atoms with van der Waals surface area (Å²) in [6.07, 6.45) is 2.33. The smallest absolute Gasteiger partial charge is 0.0513 e. The van der Waals surface area contributed by atoms with Crippen molar-refractivity contribution in [2.75, 3.05) is 26.3 Å². The number of hydrogen-bond donors (Lipinski definition) is 1. The molecule has 2 aliphatic heterocycles. The minimum Gasteiger partial charge on any atom is -0.381 e. The van der Waals surface area contributed by atoms with Crippen molar-refractivity contribution >= 4 is 11.3 Å². The molecule has 1 aromatic rings. The summed E-state index contributed by atoms with van der Waals surface area (Å²) in [7, 11) is 0. The molecule has 1 aromatic heterocycles. The maximum Gasteiger partial charge on any atom is 0.0513 e. The molecule has 2 aliphatic rings. The first-order chi connectivity index (χ1) is 8.74. The van der Waals surface area contributed by atoms with E-state index in [0.29, 0.717) is 5.92 Å². The fraction of sp³-hybridized carbons (Fsp3) is 0.714. The largest absolute Gasteiger partial charge is 0.381 e. The van der Waals surface area contributed by atoms with Crippen molar-refractivity contribution in [3.05, 3.63) is 21.9 Å². The van der Waals surface area contributed by atoms with Crippen molar-refractivity contribution in [1.82, 2.24) is 4.90 Å². The van der Waals surface area contributed by atoms with E-state index in [-0.39, 0.29) is 5.54 Å². The van der Waals surface area contributed by atoms with Gasteiger partial charge >= 0.3 is 0 Å². The van der Waals surface area contributed by atoms with Crippen molar-refractivity contribution in [2.45, 2.75) is 31.8 Å². The minimum atomic E-state index is 0.0934. The van der Waals surface area contributed by atoms with Crippen LogP contribution in [0.4, 0.5) is 0 Å². The van der Waals surface area contributed by atoms with E-state index in [4.69, 9.17) is 10.5 Å². The molecule has 0 amide bonds. The van der Waals surface area contributed by atoms with Crippen LogP contribution in [-0.4, -0.2) is 36.7 Å². The van der Waals surface area contributed by atoms with Crippen LogP contribution in [0, 0.1) is 5.92 Å². The lowest BCUT2D eigenvalue weighted by molar-refractivity contribution is 0.0348. The molecule has 3 nitrogen and oxygen atoms in total. The molecule has 100 valence electrons. The first-order valence-corrected chi connectivity index (χ1v) is 7.70. The molecule has 2 N–H and O–H groups in total. The highest BCUT2D eigenvalue weighted by Gasteiger charge is 2.41. The van der Waals surface area contributed by atoms with E-state index < -0.39 is 0 Å². The molecule has 0 radical (unpaired) electrons. The van der Waals surface area contributed by atoms with Crippen LogP contribution in [0.15, 0.2) is 11.4 Å². The van der Waals surface area contributed by atoms with Crippen molar-refractivity contribution in [3.8, 4) is 0 Å². The van der Waals surface area contributed by atoms with Gasteiger partial charge in [0.2, 0.25) is 0 Å². The van der Waals surface area contributed by atoms with Crippen LogP contribution in [0.25, 0.3) is 0 Å². The zero-order valence-corrected chi connectivity index (χ0v) is 11.8. The minimum absolute atomic E-state index is 0.0934. The lowest BCUT2D eigenvalue weighted by atomic mass is 9.82. The Balaban J connectivity index is 1.80. The average Bonchev–Trinajstić information content (AvgIpc) is 3.07. The Morgan fingerprint density at radius 3 is 3.22 bits per heavy atom. The maximum atomic E-state index is 6.12. The Morgan fingerprint density at radius 2 is 2.50 bits per heavy atom. The van der Waals surface area contributed by atoms with Gasteiger partial charge in [-0.1, -0.05) is 0 Å². The molecule has 3 rings (SSSR count). The van der Waals surface area contributed by atoms with Crippen LogP contribution >= 0.6 is 11.3 Å². The summed E-state index contributed by atoms with van der Waals surface area (Å²) >= 11 is 1.90. The monoisotopic (exact) mass is 266 g/mol. The van der Waals surface area contributed by atoms with Crippen molar-refractivity contribution < 1.29 is 4.74 Å². The van der Waals surface area contributed by atoms with Gasteiger partial charge in [-0.05, 0) is 36.8 Å². The Morgan fingerprint density at radius 1 is 1.61 bits per heavy atom. The van der Waals surface area contributed by atoms with Crippen LogP contribution in [0.5, 0.6) is 0 Å². The van der Waals surface area contributed by atoms with Gasteiger partial charge in [0.1, 0.15) is 0 Å². The molecule has 0 aromatic carbocycles. The number of fused-ring (bicyclic) bond motifs is 1. The van der Waals surface area contributed by atoms with Gasteiger partial charge in [0.05, 0.1) is 6.61 Å². The molecule has 18 heavy (non-hydrogen) atoms. The first-order valence-electron chi connectivity index (χ1n) is 6.82. The Labute approximate surface area is 113 Å². The SMILES string of the molecule is CC(CN)(C1CCOC1)N1CCc2sccc2C1. The maximum absolute atomic E-state index is 6.12. The Bertz CT molecular complexity index is 414. The van der Waals surface area contributed by atoms with Gasteiger partial charge in [0, 0.05) is 42.6 Å². The summed E-state index contributed by atoms with van der Waals surface area (Å²) in [5, 5.41) is 2.21. The van der Waals surface area contributed by atoms with E-state index in [1.807, 2.05) is 11.3 Å². The molecule has 0 bridgehead atoms. The molecule has 0 aliphatic carbocycles. The predicted molar refractivity (Wildman–Crippen MR) is 74.8 cm³/mol. The number of nitrogens with zero attached hydrogens (tertiary/aromatic N) is 1. The fourth-order valence-corrected chi connectivity index (χ4v) is 4.15. The van der Waals surface area contributed by atoms with E-state index in [1.54, 1.807) is 4.88 Å². The van der Waals surface area contributed by atoms with Crippen LogP contribution in [0.1, 0.15) is 23.8 Å². The molecular formula is C14H22N2OS. The van der Waals surface area contributed by atoms with E-state index in [0.717, 1.165) is 39.3 Å². The summed E-state index contributed by atoms with van der Waals surface area (Å²) in [6, 6.07) is 2.27. The number of nitrogens with two attached hydrogens (primary N) is 1. The zero-order valence-electron chi connectivity index (χ0n) is 11.0. The molecule has 3 heterocycles. The summed E-state index contributed by atoms with van der Waals surface area (Å²) in [5.74, 6) is 0.586. The second kappa shape index (κ2) is 4.93. The summed E-state index contributed by atoms with van der Waals surface area (Å²) in [5.41, 5.74) is 7.72. The second-order valence-electron chi connectivity index (χ2n) is 5.66. The van der Waals surface area contributed by atoms with E-state index in [1.165, 1.54) is 12.0 Å². The van der Waals surface area contributed by atoms with Crippen LogP contribution in [0.2, 0.25) is 0 Å². The highest BCUT2D eigenvalue weighted by Crippen LogP contribution is 2.35. The van der Waals surface area contributed by atoms with Gasteiger partial charge in [0.25, 0.3) is 0 Å². The third-order valence-electron chi connectivity index (χ3n) is 4.75. The van der Waals surface area contributed by atoms with E-state index in [9.17, 15) is 0 Å². The summed E-state index contributed by atoms with van der Waals surface area (Å²) in [6.45, 7) is 7.02. The molecule has 1 fully saturated rings. The number of hydrogen-bond acceptors (Lipinski definition) is 4. The molecule has 2 unspecified atom stereocenters. The third kappa shape index (κ3) is 2.01. The van der Waals surface area contributed by atoms with Gasteiger partial charge < -0.3 is 10.5 Å². The molecule has 1 saturated heterocycles. The van der Waals surface area contributed by atoms with Gasteiger partial charge in [-0.2, -0.15) is 0 Å². The lowest BCUT2D eigenvalue weighted by Crippen LogP contribution is -2.57. The van der Waals surface area contributed by atoms with Crippen LogP contribution in [-0.2, 0) is 17.7 Å². The van der Waals surface area contributed by atoms with Crippen molar-refractivity contribution in [1.29, 1.82) is 0 Å². The van der Waals surface area contributed by atoms with E-state index in [2.05, 4.69) is 23.3 Å². The lowest BCUT2D eigenvalue weighted by Gasteiger charge is -2.46. The van der Waals surface area contributed by atoms with Gasteiger partial charge in [-0.15, -0.1) is 11.3 Å². The highest BCUT2D eigenvalue weighted by atomic mass is 32.1. The molecule has 4 heteroatoms. The average molecular weight is 266 g/mol. The van der Waals surface area contributed by atoms with Gasteiger partial charge in [0.15, 0.2) is 0 Å². The molecule has 0 spiro atoms. The number of rotatable bonds is 3. The topological polar surface area (TPSA) is 38.5 Å².